The predicted molar refractivity (Wildman–Crippen MR) is 111 cm³/mol. The number of hydrogen-bond donors (Lipinski definition) is 1. The van der Waals surface area contributed by atoms with Crippen LogP contribution in [0.4, 0.5) is 4.79 Å². The van der Waals surface area contributed by atoms with Crippen LogP contribution in [-0.2, 0) is 15.1 Å². The second-order valence-electron chi connectivity index (χ2n) is 8.15. The highest BCUT2D eigenvalue weighted by molar-refractivity contribution is 6.09. The van der Waals surface area contributed by atoms with Crippen LogP contribution in [0.15, 0.2) is 42.5 Å². The first-order valence-electron chi connectivity index (χ1n) is 10.4. The zero-order valence-electron chi connectivity index (χ0n) is 17.0. The number of benzene rings is 2. The number of imide groups is 1. The molecule has 2 aromatic carbocycles. The van der Waals surface area contributed by atoms with Crippen molar-refractivity contribution in [2.45, 2.75) is 51.1 Å². The molecule has 0 aliphatic carbocycles. The Morgan fingerprint density at radius 1 is 1.14 bits per heavy atom. The lowest BCUT2D eigenvalue weighted by atomic mass is 9.90. The van der Waals surface area contributed by atoms with Crippen molar-refractivity contribution in [2.24, 2.45) is 0 Å². The summed E-state index contributed by atoms with van der Waals surface area (Å²) in [4.78, 5) is 41.6. The van der Waals surface area contributed by atoms with Crippen molar-refractivity contribution in [3.05, 3.63) is 48.0 Å². The Labute approximate surface area is 170 Å². The quantitative estimate of drug-likeness (QED) is 0.810. The van der Waals surface area contributed by atoms with E-state index in [1.807, 2.05) is 47.4 Å². The van der Waals surface area contributed by atoms with Crippen molar-refractivity contribution in [3.63, 3.8) is 0 Å². The number of likely N-dealkylation sites (tertiary alicyclic amines) is 1. The van der Waals surface area contributed by atoms with Crippen molar-refractivity contribution in [1.82, 2.24) is 15.1 Å². The minimum absolute atomic E-state index is 0.150. The molecule has 0 unspecified atom stereocenters. The molecule has 2 fully saturated rings. The molecule has 4 rings (SSSR count). The molecule has 2 aliphatic heterocycles. The number of nitrogens with zero attached hydrogens (tertiary/aromatic N) is 2. The highest BCUT2D eigenvalue weighted by Crippen LogP contribution is 2.31. The summed E-state index contributed by atoms with van der Waals surface area (Å²) in [6, 6.07) is 13.3. The molecular formula is C23H27N3O3. The second kappa shape index (κ2) is 7.50. The summed E-state index contributed by atoms with van der Waals surface area (Å²) in [5.74, 6) is -0.529. The minimum atomic E-state index is -1.17. The Morgan fingerprint density at radius 2 is 1.90 bits per heavy atom. The molecule has 0 saturated carbocycles. The van der Waals surface area contributed by atoms with Gasteiger partial charge < -0.3 is 10.2 Å². The van der Waals surface area contributed by atoms with Crippen molar-refractivity contribution in [1.29, 1.82) is 0 Å². The zero-order chi connectivity index (χ0) is 20.6. The van der Waals surface area contributed by atoms with Gasteiger partial charge in [-0.25, -0.2) is 4.79 Å². The molecule has 1 N–H and O–H groups in total. The van der Waals surface area contributed by atoms with Gasteiger partial charge in [0.2, 0.25) is 5.91 Å². The number of carbonyl (C=O) groups excluding carboxylic acids is 3. The zero-order valence-corrected chi connectivity index (χ0v) is 17.0. The van der Waals surface area contributed by atoms with Crippen molar-refractivity contribution in [3.8, 4) is 0 Å². The topological polar surface area (TPSA) is 69.7 Å². The predicted octanol–water partition coefficient (Wildman–Crippen LogP) is 3.40. The molecule has 6 nitrogen and oxygen atoms in total. The maximum Gasteiger partial charge on any atom is 0.325 e. The third kappa shape index (κ3) is 3.37. The highest BCUT2D eigenvalue weighted by Gasteiger charge is 2.50. The SMILES string of the molecule is CC[C@H]1CCCCN1C(=O)CN1C(=O)N[C@@](C)(c2ccc3ccccc3c2)C1=O. The van der Waals surface area contributed by atoms with E-state index in [0.717, 1.165) is 41.4 Å². The molecule has 2 atom stereocenters. The van der Waals surface area contributed by atoms with Crippen LogP contribution in [0.2, 0.25) is 0 Å². The molecule has 0 bridgehead atoms. The highest BCUT2D eigenvalue weighted by atomic mass is 16.2. The Morgan fingerprint density at radius 3 is 2.66 bits per heavy atom. The van der Waals surface area contributed by atoms with Gasteiger partial charge in [-0.2, -0.15) is 0 Å². The van der Waals surface area contributed by atoms with Crippen LogP contribution >= 0.6 is 0 Å². The Balaban J connectivity index is 1.56. The maximum absolute atomic E-state index is 13.2. The van der Waals surface area contributed by atoms with E-state index in [1.54, 1.807) is 6.92 Å². The maximum atomic E-state index is 13.2. The van der Waals surface area contributed by atoms with Gasteiger partial charge in [0.05, 0.1) is 0 Å². The van der Waals surface area contributed by atoms with E-state index in [-0.39, 0.29) is 24.4 Å². The smallest absolute Gasteiger partial charge is 0.325 e. The largest absolute Gasteiger partial charge is 0.338 e. The third-order valence-electron chi connectivity index (χ3n) is 6.31. The van der Waals surface area contributed by atoms with E-state index in [2.05, 4.69) is 12.2 Å². The van der Waals surface area contributed by atoms with Gasteiger partial charge in [-0.05, 0) is 55.0 Å². The van der Waals surface area contributed by atoms with Crippen molar-refractivity contribution < 1.29 is 14.4 Å². The fourth-order valence-electron chi connectivity index (χ4n) is 4.52. The van der Waals surface area contributed by atoms with Crippen LogP contribution in [0.5, 0.6) is 0 Å². The molecule has 2 aliphatic rings. The van der Waals surface area contributed by atoms with Crippen LogP contribution in [0.3, 0.4) is 0 Å². The van der Waals surface area contributed by atoms with Crippen LogP contribution in [0.1, 0.15) is 45.1 Å². The Kier molecular flexibility index (Phi) is 5.03. The summed E-state index contributed by atoms with van der Waals surface area (Å²) in [6.45, 7) is 4.27. The number of amides is 4. The lowest BCUT2D eigenvalue weighted by molar-refractivity contribution is -0.141. The summed E-state index contributed by atoms with van der Waals surface area (Å²) in [5.41, 5.74) is -0.457. The van der Waals surface area contributed by atoms with Gasteiger partial charge in [-0.15, -0.1) is 0 Å². The fraction of sp³-hybridized carbons (Fsp3) is 0.435. The number of fused-ring (bicyclic) bond motifs is 1. The second-order valence-corrected chi connectivity index (χ2v) is 8.15. The molecule has 2 saturated heterocycles. The normalized spacial score (nSPS) is 24.8. The Bertz CT molecular complexity index is 973. The number of piperidine rings is 1. The molecule has 2 aromatic rings. The average molecular weight is 393 g/mol. The lowest BCUT2D eigenvalue weighted by Gasteiger charge is -2.36. The first-order chi connectivity index (χ1) is 13.9. The van der Waals surface area contributed by atoms with Crippen LogP contribution in [0.25, 0.3) is 10.8 Å². The standard InChI is InChI=1S/C23H27N3O3/c1-3-19-10-6-7-13-25(19)20(27)15-26-21(28)23(2,24-22(26)29)18-12-11-16-8-4-5-9-17(16)14-18/h4-5,8-9,11-12,14,19H,3,6-7,10,13,15H2,1-2H3,(H,24,29)/t19-,23-/m0/s1. The molecule has 0 aromatic heterocycles. The van der Waals surface area contributed by atoms with Gasteiger partial charge in [0.15, 0.2) is 0 Å². The number of urea groups is 1. The van der Waals surface area contributed by atoms with E-state index in [4.69, 9.17) is 0 Å². The molecule has 29 heavy (non-hydrogen) atoms. The van der Waals surface area contributed by atoms with Gasteiger partial charge in [0, 0.05) is 12.6 Å². The molecule has 2 heterocycles. The lowest BCUT2D eigenvalue weighted by Crippen LogP contribution is -2.49. The first-order valence-corrected chi connectivity index (χ1v) is 10.4. The van der Waals surface area contributed by atoms with Crippen LogP contribution < -0.4 is 5.32 Å². The van der Waals surface area contributed by atoms with Crippen molar-refractivity contribution in [2.75, 3.05) is 13.1 Å². The summed E-state index contributed by atoms with van der Waals surface area (Å²) >= 11 is 0. The molecule has 152 valence electrons. The van der Waals surface area contributed by atoms with Crippen LogP contribution in [-0.4, -0.2) is 46.8 Å². The average Bonchev–Trinajstić information content (AvgIpc) is 2.97. The van der Waals surface area contributed by atoms with Crippen molar-refractivity contribution >= 4 is 28.6 Å². The van der Waals surface area contributed by atoms with E-state index in [1.165, 1.54) is 0 Å². The van der Waals surface area contributed by atoms with E-state index < -0.39 is 11.6 Å². The van der Waals surface area contributed by atoms with Crippen LogP contribution in [0, 0.1) is 0 Å². The van der Waals surface area contributed by atoms with Gasteiger partial charge in [-0.1, -0.05) is 43.3 Å². The molecule has 0 spiro atoms. The molecular weight excluding hydrogens is 366 g/mol. The fourth-order valence-corrected chi connectivity index (χ4v) is 4.52. The van der Waals surface area contributed by atoms with E-state index >= 15 is 0 Å². The monoisotopic (exact) mass is 393 g/mol. The Hall–Kier alpha value is -2.89. The van der Waals surface area contributed by atoms with Gasteiger partial charge in [0.1, 0.15) is 12.1 Å². The first kappa shape index (κ1) is 19.4. The summed E-state index contributed by atoms with van der Waals surface area (Å²) in [6.07, 6.45) is 3.96. The van der Waals surface area contributed by atoms with E-state index in [9.17, 15) is 14.4 Å². The third-order valence-corrected chi connectivity index (χ3v) is 6.31. The molecule has 0 radical (unpaired) electrons. The summed E-state index contributed by atoms with van der Waals surface area (Å²) in [5, 5.41) is 4.88. The number of carbonyl (C=O) groups is 3. The van der Waals surface area contributed by atoms with Gasteiger partial charge >= 0.3 is 6.03 Å². The summed E-state index contributed by atoms with van der Waals surface area (Å²) in [7, 11) is 0. The van der Waals surface area contributed by atoms with Gasteiger partial charge in [-0.3, -0.25) is 14.5 Å². The van der Waals surface area contributed by atoms with Gasteiger partial charge in [0.25, 0.3) is 5.91 Å². The molecule has 6 heteroatoms. The number of hydrogen-bond acceptors (Lipinski definition) is 3. The summed E-state index contributed by atoms with van der Waals surface area (Å²) < 4.78 is 0. The minimum Gasteiger partial charge on any atom is -0.338 e. The van der Waals surface area contributed by atoms with E-state index in [0.29, 0.717) is 12.1 Å². The molecule has 4 amide bonds. The number of rotatable bonds is 4. The number of nitrogens with one attached hydrogen (secondary N) is 1.